The van der Waals surface area contributed by atoms with E-state index in [-0.39, 0.29) is 13.1 Å². The van der Waals surface area contributed by atoms with Crippen molar-refractivity contribution < 1.29 is 13.9 Å². The number of ether oxygens (including phenoxy) is 1. The fourth-order valence-corrected chi connectivity index (χ4v) is 7.33. The van der Waals surface area contributed by atoms with Gasteiger partial charge in [-0.05, 0) is 63.2 Å². The second-order valence-electron chi connectivity index (χ2n) is 12.5. The maximum absolute atomic E-state index is 13.8. The van der Waals surface area contributed by atoms with Gasteiger partial charge in [-0.2, -0.15) is 9.97 Å². The molecule has 0 spiro atoms. The first kappa shape index (κ1) is 31.1. The van der Waals surface area contributed by atoms with Gasteiger partial charge < -0.3 is 29.2 Å². The van der Waals surface area contributed by atoms with E-state index >= 15 is 0 Å². The molecule has 1 amide bonds. The van der Waals surface area contributed by atoms with Gasteiger partial charge in [0.2, 0.25) is 6.54 Å². The summed E-state index contributed by atoms with van der Waals surface area (Å²) in [6.45, 7) is 13.7. The standard InChI is InChI=1S/C34H39ClFN7O2/c1-22(36)33(44)43-16-15-42(19-26(43)18-37-2)32-27-13-14-41(30-10-6-8-24-7-5-9-28(35)31(24)30)20-29(27)38-34(39-32)45-21-23-11-12-25(17-23)40(3)4/h5-10,23,25-26H,1,11-21H2,3-4H3/t23-,25+,26+/m1/s1. The summed E-state index contributed by atoms with van der Waals surface area (Å²) in [6, 6.07) is 12.6. The molecule has 2 aliphatic heterocycles. The van der Waals surface area contributed by atoms with Crippen LogP contribution in [0.15, 0.2) is 48.8 Å². The highest BCUT2D eigenvalue weighted by Crippen LogP contribution is 2.37. The molecular formula is C34H39ClFN7O2. The smallest absolute Gasteiger partial charge is 0.318 e. The molecule has 1 aliphatic carbocycles. The predicted octanol–water partition coefficient (Wildman–Crippen LogP) is 5.37. The minimum atomic E-state index is -1.01. The van der Waals surface area contributed by atoms with Crippen molar-refractivity contribution in [1.82, 2.24) is 19.8 Å². The Balaban J connectivity index is 1.32. The van der Waals surface area contributed by atoms with E-state index in [1.54, 1.807) is 0 Å². The zero-order valence-corrected chi connectivity index (χ0v) is 26.6. The average molecular weight is 632 g/mol. The number of hydrogen-bond donors (Lipinski definition) is 0. The molecule has 2 aromatic carbocycles. The molecule has 236 valence electrons. The molecule has 2 fully saturated rings. The number of aromatic nitrogens is 2. The van der Waals surface area contributed by atoms with Crippen LogP contribution >= 0.6 is 11.6 Å². The van der Waals surface area contributed by atoms with Crippen molar-refractivity contribution in [3.8, 4) is 6.01 Å². The first-order chi connectivity index (χ1) is 21.7. The van der Waals surface area contributed by atoms with Crippen molar-refractivity contribution >= 4 is 39.8 Å². The largest absolute Gasteiger partial charge is 0.463 e. The molecule has 45 heavy (non-hydrogen) atoms. The number of anilines is 2. The summed E-state index contributed by atoms with van der Waals surface area (Å²) in [5.74, 6) is -0.565. The molecule has 9 nitrogen and oxygen atoms in total. The highest BCUT2D eigenvalue weighted by molar-refractivity contribution is 6.36. The van der Waals surface area contributed by atoms with E-state index in [2.05, 4.69) is 64.5 Å². The van der Waals surface area contributed by atoms with E-state index in [9.17, 15) is 9.18 Å². The lowest BCUT2D eigenvalue weighted by atomic mass is 10.0. The molecule has 0 unspecified atom stereocenters. The van der Waals surface area contributed by atoms with Crippen LogP contribution in [0.25, 0.3) is 15.6 Å². The molecule has 3 aromatic rings. The van der Waals surface area contributed by atoms with Crippen LogP contribution in [0.4, 0.5) is 15.9 Å². The zero-order chi connectivity index (χ0) is 31.7. The number of nitrogens with zero attached hydrogens (tertiary/aromatic N) is 7. The molecule has 3 aliphatic rings. The molecule has 3 atom stereocenters. The number of benzene rings is 2. The number of fused-ring (bicyclic) bond motifs is 2. The Labute approximate surface area is 269 Å². The van der Waals surface area contributed by atoms with E-state index in [4.69, 9.17) is 32.9 Å². The molecule has 11 heteroatoms. The predicted molar refractivity (Wildman–Crippen MR) is 175 cm³/mol. The van der Waals surface area contributed by atoms with E-state index < -0.39 is 17.8 Å². The fourth-order valence-electron chi connectivity index (χ4n) is 7.05. The van der Waals surface area contributed by atoms with Gasteiger partial charge in [-0.25, -0.2) is 11.0 Å². The maximum atomic E-state index is 13.8. The van der Waals surface area contributed by atoms with Crippen LogP contribution in [0.1, 0.15) is 30.5 Å². The molecule has 0 radical (unpaired) electrons. The number of carbonyl (C=O) groups excluding carboxylic acids is 1. The Hall–Kier alpha value is -3.94. The molecule has 3 heterocycles. The maximum Gasteiger partial charge on any atom is 0.318 e. The number of rotatable bonds is 8. The number of amides is 1. The highest BCUT2D eigenvalue weighted by atomic mass is 35.5. The Morgan fingerprint density at radius 1 is 1.16 bits per heavy atom. The van der Waals surface area contributed by atoms with E-state index in [1.807, 2.05) is 12.1 Å². The number of hydrogen-bond acceptors (Lipinski definition) is 7. The lowest BCUT2D eigenvalue weighted by molar-refractivity contribution is -0.131. The Bertz CT molecular complexity index is 1640. The Kier molecular flexibility index (Phi) is 9.11. The van der Waals surface area contributed by atoms with Crippen LogP contribution in [0.2, 0.25) is 5.02 Å². The van der Waals surface area contributed by atoms with Crippen molar-refractivity contribution in [2.75, 3.05) is 63.2 Å². The molecular weight excluding hydrogens is 593 g/mol. The minimum absolute atomic E-state index is 0.0660. The van der Waals surface area contributed by atoms with E-state index in [1.165, 1.54) is 4.90 Å². The average Bonchev–Trinajstić information content (AvgIpc) is 3.52. The van der Waals surface area contributed by atoms with Crippen LogP contribution in [0.5, 0.6) is 6.01 Å². The fraction of sp³-hybridized carbons (Fsp3) is 0.471. The summed E-state index contributed by atoms with van der Waals surface area (Å²) in [4.78, 5) is 34.1. The normalized spacial score (nSPS) is 21.6. The van der Waals surface area contributed by atoms with Crippen molar-refractivity contribution in [1.29, 1.82) is 0 Å². The van der Waals surface area contributed by atoms with Crippen molar-refractivity contribution in [2.24, 2.45) is 5.92 Å². The molecule has 1 aromatic heterocycles. The third-order valence-electron chi connectivity index (χ3n) is 9.46. The van der Waals surface area contributed by atoms with Crippen molar-refractivity contribution in [3.63, 3.8) is 0 Å². The van der Waals surface area contributed by atoms with Gasteiger partial charge in [-0.3, -0.25) is 4.79 Å². The first-order valence-corrected chi connectivity index (χ1v) is 16.0. The Morgan fingerprint density at radius 3 is 2.69 bits per heavy atom. The van der Waals surface area contributed by atoms with Crippen LogP contribution in [0, 0.1) is 12.5 Å². The van der Waals surface area contributed by atoms with Gasteiger partial charge in [0.05, 0.1) is 23.9 Å². The zero-order valence-electron chi connectivity index (χ0n) is 25.9. The third-order valence-corrected chi connectivity index (χ3v) is 9.78. The van der Waals surface area contributed by atoms with Gasteiger partial charge in [0.15, 0.2) is 5.83 Å². The van der Waals surface area contributed by atoms with E-state index in [0.29, 0.717) is 55.7 Å². The molecule has 1 saturated carbocycles. The summed E-state index contributed by atoms with van der Waals surface area (Å²) < 4.78 is 20.2. The van der Waals surface area contributed by atoms with Crippen molar-refractivity contribution in [2.45, 2.75) is 44.3 Å². The van der Waals surface area contributed by atoms with Crippen LogP contribution in [0.3, 0.4) is 0 Å². The second-order valence-corrected chi connectivity index (χ2v) is 12.9. The summed E-state index contributed by atoms with van der Waals surface area (Å²) in [5.41, 5.74) is 2.98. The molecule has 0 N–H and O–H groups in total. The number of halogens is 2. The van der Waals surface area contributed by atoms with Gasteiger partial charge in [-0.15, -0.1) is 0 Å². The topological polar surface area (TPSA) is 69.4 Å². The SMILES string of the molecule is [C-]#[N+]C[C@H]1CN(c2nc(OC[C@@H]3CC[C@H](N(C)C)C3)nc3c2CCN(c2cccc4cccc(Cl)c24)C3)CCN1C(=O)C(=C)F. The highest BCUT2D eigenvalue weighted by Gasteiger charge is 2.36. The summed E-state index contributed by atoms with van der Waals surface area (Å²) in [5, 5.41) is 2.81. The summed E-state index contributed by atoms with van der Waals surface area (Å²) >= 11 is 6.70. The molecule has 6 rings (SSSR count). The van der Waals surface area contributed by atoms with E-state index in [0.717, 1.165) is 59.3 Å². The molecule has 0 bridgehead atoms. The second kappa shape index (κ2) is 13.2. The first-order valence-electron chi connectivity index (χ1n) is 15.6. The lowest BCUT2D eigenvalue weighted by Gasteiger charge is -2.41. The van der Waals surface area contributed by atoms with Gasteiger partial charge in [-0.1, -0.05) is 42.4 Å². The third kappa shape index (κ3) is 6.42. The lowest BCUT2D eigenvalue weighted by Crippen LogP contribution is -2.57. The summed E-state index contributed by atoms with van der Waals surface area (Å²) in [7, 11) is 4.25. The van der Waals surface area contributed by atoms with Crippen LogP contribution < -0.4 is 14.5 Å². The van der Waals surface area contributed by atoms with Gasteiger partial charge >= 0.3 is 6.01 Å². The van der Waals surface area contributed by atoms with Crippen molar-refractivity contribution in [3.05, 3.63) is 76.5 Å². The van der Waals surface area contributed by atoms with Gasteiger partial charge in [0.1, 0.15) is 11.9 Å². The molecule has 1 saturated heterocycles. The van der Waals surface area contributed by atoms with Crippen LogP contribution in [-0.4, -0.2) is 91.2 Å². The quantitative estimate of drug-likeness (QED) is 0.244. The number of piperazine rings is 1. The minimum Gasteiger partial charge on any atom is -0.463 e. The van der Waals surface area contributed by atoms with Gasteiger partial charge in [0.25, 0.3) is 5.91 Å². The van der Waals surface area contributed by atoms with Gasteiger partial charge in [0, 0.05) is 48.9 Å². The monoisotopic (exact) mass is 631 g/mol. The van der Waals surface area contributed by atoms with Crippen LogP contribution in [-0.2, 0) is 17.8 Å². The summed E-state index contributed by atoms with van der Waals surface area (Å²) in [6.07, 6.45) is 4.03. The Morgan fingerprint density at radius 2 is 1.96 bits per heavy atom. The number of carbonyl (C=O) groups is 1.